The fourth-order valence-corrected chi connectivity index (χ4v) is 4.52. The molecule has 1 heterocycles. The van der Waals surface area contributed by atoms with Crippen molar-refractivity contribution in [2.75, 3.05) is 26.7 Å². The Balaban J connectivity index is 1.51. The van der Waals surface area contributed by atoms with Crippen molar-refractivity contribution in [2.24, 2.45) is 11.3 Å². The normalized spacial score (nSPS) is 23.8. The molecule has 7 heteroatoms. The van der Waals surface area contributed by atoms with Gasteiger partial charge in [-0.15, -0.1) is 0 Å². The van der Waals surface area contributed by atoms with Gasteiger partial charge in [0, 0.05) is 7.05 Å². The zero-order valence-corrected chi connectivity index (χ0v) is 19.4. The number of likely N-dealkylation sites (N-methyl/N-ethyl adjacent to an activating group) is 1. The van der Waals surface area contributed by atoms with E-state index in [9.17, 15) is 14.4 Å². The van der Waals surface area contributed by atoms with Crippen LogP contribution in [0.4, 0.5) is 4.79 Å². The molecule has 1 aromatic rings. The van der Waals surface area contributed by atoms with Gasteiger partial charge in [0.1, 0.15) is 24.4 Å². The van der Waals surface area contributed by atoms with Gasteiger partial charge in [0.25, 0.3) is 5.91 Å². The maximum absolute atomic E-state index is 13.1. The molecule has 1 saturated heterocycles. The summed E-state index contributed by atoms with van der Waals surface area (Å²) >= 11 is 0. The molecule has 4 amide bonds. The van der Waals surface area contributed by atoms with Crippen LogP contribution in [0, 0.1) is 18.3 Å². The van der Waals surface area contributed by atoms with Gasteiger partial charge in [-0.3, -0.25) is 14.5 Å². The number of imide groups is 1. The summed E-state index contributed by atoms with van der Waals surface area (Å²) in [7, 11) is 1.66. The van der Waals surface area contributed by atoms with Crippen LogP contribution in [0.3, 0.4) is 0 Å². The minimum absolute atomic E-state index is 0.187. The summed E-state index contributed by atoms with van der Waals surface area (Å²) in [5.41, 5.74) is 0.448. The summed E-state index contributed by atoms with van der Waals surface area (Å²) < 4.78 is 5.69. The Kier molecular flexibility index (Phi) is 6.62. The SMILES string of the molecule is Cc1cccc(OCCN(C)C(=O)CN2C(=O)NC3(CCC(C(C)(C)C)CC3)C2=O)c1. The molecule has 0 atom stereocenters. The van der Waals surface area contributed by atoms with E-state index in [4.69, 9.17) is 4.74 Å². The van der Waals surface area contributed by atoms with Crippen molar-refractivity contribution in [3.63, 3.8) is 0 Å². The van der Waals surface area contributed by atoms with Gasteiger partial charge in [-0.25, -0.2) is 4.79 Å². The Morgan fingerprint density at radius 1 is 1.26 bits per heavy atom. The van der Waals surface area contributed by atoms with Crippen LogP contribution in [0.25, 0.3) is 0 Å². The molecular weight excluding hydrogens is 394 g/mol. The minimum Gasteiger partial charge on any atom is -0.492 e. The summed E-state index contributed by atoms with van der Waals surface area (Å²) in [5.74, 6) is 0.736. The molecule has 7 nitrogen and oxygen atoms in total. The molecule has 1 aliphatic heterocycles. The number of amides is 4. The van der Waals surface area contributed by atoms with Crippen molar-refractivity contribution >= 4 is 17.8 Å². The molecule has 1 aromatic carbocycles. The van der Waals surface area contributed by atoms with Crippen molar-refractivity contribution in [3.8, 4) is 5.75 Å². The molecule has 1 saturated carbocycles. The number of rotatable bonds is 6. The third kappa shape index (κ3) is 5.20. The van der Waals surface area contributed by atoms with Crippen molar-refractivity contribution < 1.29 is 19.1 Å². The van der Waals surface area contributed by atoms with Gasteiger partial charge in [-0.1, -0.05) is 32.9 Å². The van der Waals surface area contributed by atoms with Gasteiger partial charge in [0.2, 0.25) is 5.91 Å². The minimum atomic E-state index is -0.841. The Morgan fingerprint density at radius 3 is 2.55 bits per heavy atom. The van der Waals surface area contributed by atoms with Crippen LogP contribution in [0.5, 0.6) is 5.75 Å². The second kappa shape index (κ2) is 8.89. The molecule has 1 aliphatic carbocycles. The third-order valence-corrected chi connectivity index (χ3v) is 6.71. The van der Waals surface area contributed by atoms with Gasteiger partial charge in [-0.2, -0.15) is 0 Å². The van der Waals surface area contributed by atoms with E-state index in [0.29, 0.717) is 31.9 Å². The summed E-state index contributed by atoms with van der Waals surface area (Å²) in [6, 6.07) is 7.25. The zero-order valence-electron chi connectivity index (χ0n) is 19.4. The number of aryl methyl sites for hydroxylation is 1. The first-order valence-electron chi connectivity index (χ1n) is 11.1. The molecule has 0 aromatic heterocycles. The summed E-state index contributed by atoms with van der Waals surface area (Å²) in [6.45, 7) is 9.11. The summed E-state index contributed by atoms with van der Waals surface area (Å²) in [4.78, 5) is 40.8. The molecule has 1 N–H and O–H groups in total. The van der Waals surface area contributed by atoms with Gasteiger partial charge in [-0.05, 0) is 61.6 Å². The number of nitrogens with one attached hydrogen (secondary N) is 1. The predicted octanol–water partition coefficient (Wildman–Crippen LogP) is 3.36. The van der Waals surface area contributed by atoms with Crippen LogP contribution in [0.1, 0.15) is 52.0 Å². The standard InChI is InChI=1S/C24H35N3O4/c1-17-7-6-8-19(15-17)31-14-13-26(5)20(28)16-27-21(29)24(25-22(27)30)11-9-18(10-12-24)23(2,3)4/h6-8,15,18H,9-14,16H2,1-5H3,(H,25,30). The van der Waals surface area contributed by atoms with Crippen molar-refractivity contribution in [1.29, 1.82) is 0 Å². The number of hydrogen-bond acceptors (Lipinski definition) is 4. The zero-order chi connectivity index (χ0) is 22.8. The quantitative estimate of drug-likeness (QED) is 0.704. The molecule has 2 aliphatic rings. The summed E-state index contributed by atoms with van der Waals surface area (Å²) in [5, 5.41) is 2.90. The number of hydrogen-bond donors (Lipinski definition) is 1. The monoisotopic (exact) mass is 429 g/mol. The topological polar surface area (TPSA) is 79.0 Å². The van der Waals surface area contributed by atoms with Crippen molar-refractivity contribution in [3.05, 3.63) is 29.8 Å². The molecule has 0 unspecified atom stereocenters. The number of ether oxygens (including phenoxy) is 1. The van der Waals surface area contributed by atoms with Crippen molar-refractivity contribution in [1.82, 2.24) is 15.1 Å². The number of nitrogens with zero attached hydrogens (tertiary/aromatic N) is 2. The second-order valence-electron chi connectivity index (χ2n) is 10.0. The number of urea groups is 1. The maximum atomic E-state index is 13.1. The highest BCUT2D eigenvalue weighted by atomic mass is 16.5. The molecule has 3 rings (SSSR count). The highest BCUT2D eigenvalue weighted by molar-refractivity contribution is 6.09. The van der Waals surface area contributed by atoms with E-state index in [1.165, 1.54) is 4.90 Å². The molecule has 1 spiro atoms. The first kappa shape index (κ1) is 23.1. The number of benzene rings is 1. The molecule has 0 radical (unpaired) electrons. The first-order chi connectivity index (χ1) is 14.5. The van der Waals surface area contributed by atoms with E-state index in [1.807, 2.05) is 31.2 Å². The molecule has 170 valence electrons. The number of carbonyl (C=O) groups excluding carboxylic acids is 3. The van der Waals surface area contributed by atoms with Crippen LogP contribution in [0.15, 0.2) is 24.3 Å². The number of carbonyl (C=O) groups is 3. The Hall–Kier alpha value is -2.57. The van der Waals surface area contributed by atoms with E-state index in [-0.39, 0.29) is 23.8 Å². The van der Waals surface area contributed by atoms with Crippen LogP contribution < -0.4 is 10.1 Å². The fraction of sp³-hybridized carbons (Fsp3) is 0.625. The second-order valence-corrected chi connectivity index (χ2v) is 10.0. The van der Waals surface area contributed by atoms with Gasteiger partial charge >= 0.3 is 6.03 Å². The summed E-state index contributed by atoms with van der Waals surface area (Å²) in [6.07, 6.45) is 3.05. The lowest BCUT2D eigenvalue weighted by Gasteiger charge is -2.40. The first-order valence-corrected chi connectivity index (χ1v) is 11.1. The van der Waals surface area contributed by atoms with E-state index < -0.39 is 11.6 Å². The molecule has 2 fully saturated rings. The van der Waals surface area contributed by atoms with Gasteiger partial charge < -0.3 is 15.0 Å². The molecule has 0 bridgehead atoms. The van der Waals surface area contributed by atoms with Gasteiger partial charge in [0.05, 0.1) is 6.54 Å². The van der Waals surface area contributed by atoms with Crippen LogP contribution >= 0.6 is 0 Å². The highest BCUT2D eigenvalue weighted by Gasteiger charge is 2.53. The lowest BCUT2D eigenvalue weighted by atomic mass is 9.67. The largest absolute Gasteiger partial charge is 0.492 e. The van der Waals surface area contributed by atoms with Crippen LogP contribution in [-0.4, -0.2) is 59.9 Å². The lowest BCUT2D eigenvalue weighted by molar-refractivity contribution is -0.139. The maximum Gasteiger partial charge on any atom is 0.325 e. The van der Waals surface area contributed by atoms with E-state index in [1.54, 1.807) is 7.05 Å². The van der Waals surface area contributed by atoms with Crippen LogP contribution in [-0.2, 0) is 9.59 Å². The molecule has 31 heavy (non-hydrogen) atoms. The van der Waals surface area contributed by atoms with E-state index in [0.717, 1.165) is 29.1 Å². The average molecular weight is 430 g/mol. The third-order valence-electron chi connectivity index (χ3n) is 6.71. The highest BCUT2D eigenvalue weighted by Crippen LogP contribution is 2.43. The average Bonchev–Trinajstić information content (AvgIpc) is 2.91. The van der Waals surface area contributed by atoms with Gasteiger partial charge in [0.15, 0.2) is 0 Å². The van der Waals surface area contributed by atoms with E-state index in [2.05, 4.69) is 26.1 Å². The van der Waals surface area contributed by atoms with E-state index >= 15 is 0 Å². The Morgan fingerprint density at radius 2 is 1.94 bits per heavy atom. The molecular formula is C24H35N3O4. The Labute approximate surface area is 185 Å². The Bertz CT molecular complexity index is 837. The smallest absolute Gasteiger partial charge is 0.325 e. The predicted molar refractivity (Wildman–Crippen MR) is 119 cm³/mol. The van der Waals surface area contributed by atoms with Crippen LogP contribution in [0.2, 0.25) is 0 Å². The fourth-order valence-electron chi connectivity index (χ4n) is 4.52. The lowest BCUT2D eigenvalue weighted by Crippen LogP contribution is -2.51. The van der Waals surface area contributed by atoms with Crippen molar-refractivity contribution in [2.45, 2.75) is 58.9 Å².